The van der Waals surface area contributed by atoms with Crippen LogP contribution in [0.4, 0.5) is 0 Å². The summed E-state index contributed by atoms with van der Waals surface area (Å²) in [5.41, 5.74) is 0.586. The lowest BCUT2D eigenvalue weighted by atomic mass is 10.1. The SMILES string of the molecule is CC(CN(C)C)NS(=O)(=O)c1cccc(C(C)O)c1. The highest BCUT2D eigenvalue weighted by atomic mass is 32.2. The summed E-state index contributed by atoms with van der Waals surface area (Å²) in [6.45, 7) is 4.04. The molecule has 0 radical (unpaired) electrons. The van der Waals surface area contributed by atoms with Crippen molar-refractivity contribution in [1.82, 2.24) is 9.62 Å². The van der Waals surface area contributed by atoms with E-state index >= 15 is 0 Å². The number of likely N-dealkylation sites (N-methyl/N-ethyl adjacent to an activating group) is 1. The second kappa shape index (κ2) is 6.47. The number of hydrogen-bond acceptors (Lipinski definition) is 4. The van der Waals surface area contributed by atoms with Gasteiger partial charge in [-0.25, -0.2) is 13.1 Å². The highest BCUT2D eigenvalue weighted by Crippen LogP contribution is 2.17. The third-order valence-corrected chi connectivity index (χ3v) is 4.23. The fourth-order valence-corrected chi connectivity index (χ4v) is 3.15. The van der Waals surface area contributed by atoms with E-state index in [1.54, 1.807) is 19.1 Å². The molecule has 2 unspecified atom stereocenters. The monoisotopic (exact) mass is 286 g/mol. The van der Waals surface area contributed by atoms with Crippen molar-refractivity contribution in [2.45, 2.75) is 30.9 Å². The highest BCUT2D eigenvalue weighted by Gasteiger charge is 2.18. The van der Waals surface area contributed by atoms with Gasteiger partial charge >= 0.3 is 0 Å². The van der Waals surface area contributed by atoms with Gasteiger partial charge in [-0.1, -0.05) is 12.1 Å². The lowest BCUT2D eigenvalue weighted by molar-refractivity contribution is 0.199. The van der Waals surface area contributed by atoms with Gasteiger partial charge in [-0.3, -0.25) is 0 Å². The Hall–Kier alpha value is -0.950. The highest BCUT2D eigenvalue weighted by molar-refractivity contribution is 7.89. The third kappa shape index (κ3) is 4.91. The van der Waals surface area contributed by atoms with Crippen molar-refractivity contribution < 1.29 is 13.5 Å². The summed E-state index contributed by atoms with van der Waals surface area (Å²) in [6.07, 6.45) is -0.686. The van der Waals surface area contributed by atoms with Crippen molar-refractivity contribution in [2.24, 2.45) is 0 Å². The summed E-state index contributed by atoms with van der Waals surface area (Å²) in [4.78, 5) is 2.09. The van der Waals surface area contributed by atoms with Crippen LogP contribution in [0.25, 0.3) is 0 Å². The number of nitrogens with zero attached hydrogens (tertiary/aromatic N) is 1. The Morgan fingerprint density at radius 1 is 1.32 bits per heavy atom. The molecular weight excluding hydrogens is 264 g/mol. The number of aliphatic hydroxyl groups is 1. The lowest BCUT2D eigenvalue weighted by Gasteiger charge is -2.18. The van der Waals surface area contributed by atoms with E-state index in [9.17, 15) is 13.5 Å². The number of benzene rings is 1. The molecule has 6 heteroatoms. The van der Waals surface area contributed by atoms with E-state index in [-0.39, 0.29) is 10.9 Å². The normalized spacial score (nSPS) is 15.5. The quantitative estimate of drug-likeness (QED) is 0.817. The zero-order valence-corrected chi connectivity index (χ0v) is 12.6. The van der Waals surface area contributed by atoms with Crippen molar-refractivity contribution in [3.8, 4) is 0 Å². The van der Waals surface area contributed by atoms with Crippen molar-refractivity contribution in [3.63, 3.8) is 0 Å². The molecule has 0 aromatic heterocycles. The second-order valence-corrected chi connectivity index (χ2v) is 6.75. The molecule has 0 fully saturated rings. The second-order valence-electron chi connectivity index (χ2n) is 5.03. The maximum atomic E-state index is 12.2. The largest absolute Gasteiger partial charge is 0.389 e. The molecule has 1 aromatic carbocycles. The van der Waals surface area contributed by atoms with Crippen LogP contribution in [0.5, 0.6) is 0 Å². The molecule has 0 spiro atoms. The molecule has 0 saturated heterocycles. The molecule has 0 heterocycles. The van der Waals surface area contributed by atoms with Crippen molar-refractivity contribution in [1.29, 1.82) is 0 Å². The van der Waals surface area contributed by atoms with Gasteiger partial charge in [-0.2, -0.15) is 0 Å². The maximum absolute atomic E-state index is 12.2. The van der Waals surface area contributed by atoms with Gasteiger partial charge in [-0.05, 0) is 45.6 Å². The molecule has 1 rings (SSSR count). The fraction of sp³-hybridized carbons (Fsp3) is 0.538. The topological polar surface area (TPSA) is 69.6 Å². The van der Waals surface area contributed by atoms with Gasteiger partial charge in [0.1, 0.15) is 0 Å². The Balaban J connectivity index is 2.91. The number of hydrogen-bond donors (Lipinski definition) is 2. The van der Waals surface area contributed by atoms with Crippen LogP contribution in [-0.2, 0) is 10.0 Å². The Bertz CT molecular complexity index is 512. The molecule has 19 heavy (non-hydrogen) atoms. The third-order valence-electron chi connectivity index (χ3n) is 2.65. The van der Waals surface area contributed by atoms with Gasteiger partial charge in [0, 0.05) is 12.6 Å². The van der Waals surface area contributed by atoms with Gasteiger partial charge < -0.3 is 10.0 Å². The molecule has 0 amide bonds. The lowest BCUT2D eigenvalue weighted by Crippen LogP contribution is -2.39. The minimum absolute atomic E-state index is 0.177. The molecule has 2 atom stereocenters. The smallest absolute Gasteiger partial charge is 0.240 e. The first kappa shape index (κ1) is 16.1. The van der Waals surface area contributed by atoms with E-state index in [0.29, 0.717) is 12.1 Å². The summed E-state index contributed by atoms with van der Waals surface area (Å²) < 4.78 is 27.0. The Kier molecular flexibility index (Phi) is 5.49. The van der Waals surface area contributed by atoms with Crippen molar-refractivity contribution in [2.75, 3.05) is 20.6 Å². The molecule has 0 bridgehead atoms. The number of rotatable bonds is 6. The van der Waals surface area contributed by atoms with Gasteiger partial charge in [0.15, 0.2) is 0 Å². The van der Waals surface area contributed by atoms with E-state index in [0.717, 1.165) is 0 Å². The summed E-state index contributed by atoms with van der Waals surface area (Å²) in [7, 11) is 0.227. The summed E-state index contributed by atoms with van der Waals surface area (Å²) in [5.74, 6) is 0. The van der Waals surface area contributed by atoms with Crippen molar-refractivity contribution >= 4 is 10.0 Å². The number of nitrogens with one attached hydrogen (secondary N) is 1. The van der Waals surface area contributed by atoms with Gasteiger partial charge in [-0.15, -0.1) is 0 Å². The molecule has 0 aliphatic heterocycles. The van der Waals surface area contributed by atoms with Crippen LogP contribution < -0.4 is 4.72 Å². The molecule has 1 aromatic rings. The Labute approximate surface area is 115 Å². The Morgan fingerprint density at radius 3 is 2.47 bits per heavy atom. The standard InChI is InChI=1S/C13H22N2O3S/c1-10(9-15(3)4)14-19(17,18)13-7-5-6-12(8-13)11(2)16/h5-8,10-11,14,16H,9H2,1-4H3. The van der Waals surface area contributed by atoms with Crippen LogP contribution in [0.1, 0.15) is 25.5 Å². The van der Waals surface area contributed by atoms with Crippen LogP contribution in [-0.4, -0.2) is 45.1 Å². The maximum Gasteiger partial charge on any atom is 0.240 e. The van der Waals surface area contributed by atoms with E-state index in [4.69, 9.17) is 0 Å². The molecule has 5 nitrogen and oxygen atoms in total. The van der Waals surface area contributed by atoms with Crippen LogP contribution in [0.15, 0.2) is 29.2 Å². The minimum Gasteiger partial charge on any atom is -0.389 e. The predicted octanol–water partition coefficient (Wildman–Crippen LogP) is 0.968. The van der Waals surface area contributed by atoms with E-state index in [2.05, 4.69) is 4.72 Å². The molecule has 108 valence electrons. The van der Waals surface area contributed by atoms with Crippen LogP contribution >= 0.6 is 0 Å². The zero-order chi connectivity index (χ0) is 14.6. The first-order chi connectivity index (χ1) is 8.72. The number of sulfonamides is 1. The minimum atomic E-state index is -3.55. The average molecular weight is 286 g/mol. The van der Waals surface area contributed by atoms with Gasteiger partial charge in [0.25, 0.3) is 0 Å². The fourth-order valence-electron chi connectivity index (χ4n) is 1.86. The first-order valence-electron chi connectivity index (χ1n) is 6.17. The molecule has 0 aliphatic carbocycles. The summed E-state index contributed by atoms with van der Waals surface area (Å²) in [6, 6.07) is 6.17. The van der Waals surface area contributed by atoms with E-state index < -0.39 is 16.1 Å². The number of aliphatic hydroxyl groups excluding tert-OH is 1. The Morgan fingerprint density at radius 2 is 1.95 bits per heavy atom. The molecule has 0 saturated carbocycles. The average Bonchev–Trinajstić information content (AvgIpc) is 2.27. The molecule has 0 aliphatic rings. The molecule has 2 N–H and O–H groups in total. The van der Waals surface area contributed by atoms with E-state index in [1.807, 2.05) is 25.9 Å². The van der Waals surface area contributed by atoms with Crippen LogP contribution in [0, 0.1) is 0 Å². The predicted molar refractivity (Wildman–Crippen MR) is 75.4 cm³/mol. The summed E-state index contributed by atoms with van der Waals surface area (Å²) in [5, 5.41) is 9.49. The zero-order valence-electron chi connectivity index (χ0n) is 11.8. The van der Waals surface area contributed by atoms with E-state index in [1.165, 1.54) is 12.1 Å². The molecular formula is C13H22N2O3S. The van der Waals surface area contributed by atoms with Crippen LogP contribution in [0.2, 0.25) is 0 Å². The van der Waals surface area contributed by atoms with Crippen molar-refractivity contribution in [3.05, 3.63) is 29.8 Å². The first-order valence-corrected chi connectivity index (χ1v) is 7.66. The van der Waals surface area contributed by atoms with Crippen LogP contribution in [0.3, 0.4) is 0 Å². The summed E-state index contributed by atoms with van der Waals surface area (Å²) >= 11 is 0. The van der Waals surface area contributed by atoms with Gasteiger partial charge in [0.05, 0.1) is 11.0 Å². The van der Waals surface area contributed by atoms with Gasteiger partial charge in [0.2, 0.25) is 10.0 Å².